The van der Waals surface area contributed by atoms with Crippen molar-refractivity contribution in [3.63, 3.8) is 0 Å². The summed E-state index contributed by atoms with van der Waals surface area (Å²) in [6, 6.07) is 2.86. The first-order valence-electron chi connectivity index (χ1n) is 7.54. The normalized spacial score (nSPS) is 22.6. The van der Waals surface area contributed by atoms with Gasteiger partial charge in [-0.3, -0.25) is 0 Å². The molecule has 1 aliphatic rings. The smallest absolute Gasteiger partial charge is 0.167 e. The SMILES string of the molecule is CCOc1cc(OC2CCCCC2CC)c(N)cc1F. The lowest BCUT2D eigenvalue weighted by Crippen LogP contribution is -2.30. The maximum Gasteiger partial charge on any atom is 0.167 e. The second-order valence-electron chi connectivity index (χ2n) is 5.36. The van der Waals surface area contributed by atoms with Gasteiger partial charge in [-0.25, -0.2) is 4.39 Å². The zero-order valence-corrected chi connectivity index (χ0v) is 12.3. The van der Waals surface area contributed by atoms with Gasteiger partial charge in [-0.2, -0.15) is 0 Å². The third kappa shape index (κ3) is 3.35. The van der Waals surface area contributed by atoms with E-state index < -0.39 is 5.82 Å². The van der Waals surface area contributed by atoms with E-state index in [1.54, 1.807) is 6.07 Å². The lowest BCUT2D eigenvalue weighted by molar-refractivity contribution is 0.0907. The predicted molar refractivity (Wildman–Crippen MR) is 78.6 cm³/mol. The molecule has 4 heteroatoms. The molecule has 0 heterocycles. The minimum Gasteiger partial charge on any atom is -0.491 e. The first-order chi connectivity index (χ1) is 9.65. The van der Waals surface area contributed by atoms with E-state index in [9.17, 15) is 4.39 Å². The molecule has 2 rings (SSSR count). The molecule has 0 amide bonds. The number of nitrogen functional groups attached to an aromatic ring is 1. The fourth-order valence-electron chi connectivity index (χ4n) is 2.88. The number of ether oxygens (including phenoxy) is 2. The molecule has 0 aliphatic heterocycles. The van der Waals surface area contributed by atoms with Crippen molar-refractivity contribution in [1.82, 2.24) is 0 Å². The monoisotopic (exact) mass is 281 g/mol. The van der Waals surface area contributed by atoms with Crippen LogP contribution in [-0.2, 0) is 0 Å². The Labute approximate surface area is 120 Å². The van der Waals surface area contributed by atoms with E-state index >= 15 is 0 Å². The Morgan fingerprint density at radius 2 is 1.95 bits per heavy atom. The highest BCUT2D eigenvalue weighted by molar-refractivity contribution is 5.56. The van der Waals surface area contributed by atoms with E-state index in [2.05, 4.69) is 6.92 Å². The molecule has 1 saturated carbocycles. The first-order valence-corrected chi connectivity index (χ1v) is 7.54. The van der Waals surface area contributed by atoms with E-state index in [0.29, 0.717) is 24.0 Å². The van der Waals surface area contributed by atoms with Crippen LogP contribution in [0.4, 0.5) is 10.1 Å². The molecule has 1 fully saturated rings. The van der Waals surface area contributed by atoms with Gasteiger partial charge in [0.15, 0.2) is 11.6 Å². The van der Waals surface area contributed by atoms with E-state index in [1.165, 1.54) is 25.3 Å². The third-order valence-electron chi connectivity index (χ3n) is 4.01. The van der Waals surface area contributed by atoms with Crippen LogP contribution in [0.1, 0.15) is 46.0 Å². The fraction of sp³-hybridized carbons (Fsp3) is 0.625. The summed E-state index contributed by atoms with van der Waals surface area (Å²) in [4.78, 5) is 0. The number of hydrogen-bond donors (Lipinski definition) is 1. The van der Waals surface area contributed by atoms with Crippen LogP contribution in [-0.4, -0.2) is 12.7 Å². The average molecular weight is 281 g/mol. The molecule has 0 bridgehead atoms. The summed E-state index contributed by atoms with van der Waals surface area (Å²) in [7, 11) is 0. The Morgan fingerprint density at radius 3 is 2.65 bits per heavy atom. The summed E-state index contributed by atoms with van der Waals surface area (Å²) in [5.41, 5.74) is 6.21. The molecule has 1 aromatic carbocycles. The topological polar surface area (TPSA) is 44.5 Å². The van der Waals surface area contributed by atoms with Crippen molar-refractivity contribution in [3.05, 3.63) is 17.9 Å². The number of halogens is 1. The highest BCUT2D eigenvalue weighted by atomic mass is 19.1. The van der Waals surface area contributed by atoms with E-state index in [-0.39, 0.29) is 11.9 Å². The molecule has 1 aromatic rings. The molecule has 0 saturated heterocycles. The molecule has 112 valence electrons. The Morgan fingerprint density at radius 1 is 1.20 bits per heavy atom. The quantitative estimate of drug-likeness (QED) is 0.824. The zero-order chi connectivity index (χ0) is 14.5. The van der Waals surface area contributed by atoms with Gasteiger partial charge in [-0.05, 0) is 38.5 Å². The lowest BCUT2D eigenvalue weighted by Gasteiger charge is -2.31. The van der Waals surface area contributed by atoms with Crippen LogP contribution >= 0.6 is 0 Å². The number of hydrogen-bond acceptors (Lipinski definition) is 3. The molecule has 3 nitrogen and oxygen atoms in total. The van der Waals surface area contributed by atoms with Crippen LogP contribution in [0.25, 0.3) is 0 Å². The summed E-state index contributed by atoms with van der Waals surface area (Å²) in [6.45, 7) is 4.43. The molecule has 20 heavy (non-hydrogen) atoms. The van der Waals surface area contributed by atoms with Crippen LogP contribution < -0.4 is 15.2 Å². The summed E-state index contributed by atoms with van der Waals surface area (Å²) >= 11 is 0. The van der Waals surface area contributed by atoms with Crippen LogP contribution in [0.2, 0.25) is 0 Å². The second-order valence-corrected chi connectivity index (χ2v) is 5.36. The summed E-state index contributed by atoms with van der Waals surface area (Å²) in [5, 5.41) is 0. The molecule has 0 aromatic heterocycles. The number of nitrogens with two attached hydrogens (primary N) is 1. The van der Waals surface area contributed by atoms with E-state index in [0.717, 1.165) is 12.8 Å². The third-order valence-corrected chi connectivity index (χ3v) is 4.01. The number of rotatable bonds is 5. The van der Waals surface area contributed by atoms with Crippen LogP contribution in [0.15, 0.2) is 12.1 Å². The lowest BCUT2D eigenvalue weighted by atomic mass is 9.85. The number of anilines is 1. The molecule has 1 aliphatic carbocycles. The minimum absolute atomic E-state index is 0.177. The van der Waals surface area contributed by atoms with Gasteiger partial charge in [0, 0.05) is 12.1 Å². The first kappa shape index (κ1) is 14.9. The molecule has 2 N–H and O–H groups in total. The molecule has 2 atom stereocenters. The van der Waals surface area contributed by atoms with E-state index in [4.69, 9.17) is 15.2 Å². The van der Waals surface area contributed by atoms with Crippen LogP contribution in [0.3, 0.4) is 0 Å². The largest absolute Gasteiger partial charge is 0.491 e. The van der Waals surface area contributed by atoms with Crippen molar-refractivity contribution >= 4 is 5.69 Å². The maximum atomic E-state index is 13.7. The van der Waals surface area contributed by atoms with Gasteiger partial charge in [0.2, 0.25) is 0 Å². The van der Waals surface area contributed by atoms with Gasteiger partial charge in [-0.1, -0.05) is 13.3 Å². The number of benzene rings is 1. The summed E-state index contributed by atoms with van der Waals surface area (Å²) < 4.78 is 25.0. The Hall–Kier alpha value is -1.45. The fourth-order valence-corrected chi connectivity index (χ4v) is 2.88. The maximum absolute atomic E-state index is 13.7. The van der Waals surface area contributed by atoms with E-state index in [1.807, 2.05) is 6.92 Å². The van der Waals surface area contributed by atoms with Crippen molar-refractivity contribution in [2.24, 2.45) is 5.92 Å². The van der Waals surface area contributed by atoms with Gasteiger partial charge in [-0.15, -0.1) is 0 Å². The molecular weight excluding hydrogens is 257 g/mol. The van der Waals surface area contributed by atoms with Crippen molar-refractivity contribution in [1.29, 1.82) is 0 Å². The Kier molecular flexibility index (Phi) is 5.10. The molecule has 2 unspecified atom stereocenters. The molecule has 0 radical (unpaired) electrons. The van der Waals surface area contributed by atoms with Crippen molar-refractivity contribution in [3.8, 4) is 11.5 Å². The molecular formula is C16H24FNO2. The Balaban J connectivity index is 2.17. The van der Waals surface area contributed by atoms with Gasteiger partial charge in [0.05, 0.1) is 12.3 Å². The summed E-state index contributed by atoms with van der Waals surface area (Å²) in [6.07, 6.45) is 5.96. The van der Waals surface area contributed by atoms with Crippen LogP contribution in [0.5, 0.6) is 11.5 Å². The van der Waals surface area contributed by atoms with Gasteiger partial charge >= 0.3 is 0 Å². The molecule has 0 spiro atoms. The van der Waals surface area contributed by atoms with Gasteiger partial charge < -0.3 is 15.2 Å². The van der Waals surface area contributed by atoms with Crippen molar-refractivity contribution in [2.75, 3.05) is 12.3 Å². The summed E-state index contributed by atoms with van der Waals surface area (Å²) in [5.74, 6) is 0.872. The highest BCUT2D eigenvalue weighted by Crippen LogP contribution is 2.35. The van der Waals surface area contributed by atoms with Crippen molar-refractivity contribution in [2.45, 2.75) is 52.1 Å². The second kappa shape index (κ2) is 6.82. The standard InChI is InChI=1S/C16H24FNO2/c1-3-11-7-5-6-8-14(11)20-16-10-15(19-4-2)12(17)9-13(16)18/h9-11,14H,3-8,18H2,1-2H3. The van der Waals surface area contributed by atoms with Gasteiger partial charge in [0.25, 0.3) is 0 Å². The zero-order valence-electron chi connectivity index (χ0n) is 12.3. The highest BCUT2D eigenvalue weighted by Gasteiger charge is 2.26. The predicted octanol–water partition coefficient (Wildman–Crippen LogP) is 4.15. The van der Waals surface area contributed by atoms with Crippen molar-refractivity contribution < 1.29 is 13.9 Å². The van der Waals surface area contributed by atoms with Crippen LogP contribution in [0, 0.1) is 11.7 Å². The minimum atomic E-state index is -0.438. The Bertz CT molecular complexity index is 450. The average Bonchev–Trinajstić information content (AvgIpc) is 2.45. The van der Waals surface area contributed by atoms with Gasteiger partial charge in [0.1, 0.15) is 11.9 Å².